The Bertz CT molecular complexity index is 692. The van der Waals surface area contributed by atoms with E-state index >= 15 is 0 Å². The van der Waals surface area contributed by atoms with Crippen molar-refractivity contribution in [2.24, 2.45) is 0 Å². The van der Waals surface area contributed by atoms with E-state index < -0.39 is 41.0 Å². The molecule has 1 rings (SSSR count). The van der Waals surface area contributed by atoms with Gasteiger partial charge in [0.05, 0.1) is 11.5 Å². The quantitative estimate of drug-likeness (QED) is 0.685. The number of rotatable bonds is 5. The number of hydrogen-bond acceptors (Lipinski definition) is 6. The maximum Gasteiger partial charge on any atom is 0.288 e. The molecule has 10 heteroatoms. The van der Waals surface area contributed by atoms with E-state index in [1.165, 1.54) is 12.4 Å². The van der Waals surface area contributed by atoms with Crippen LogP contribution in [0.1, 0.15) is 6.92 Å². The molecule has 1 aromatic heterocycles. The van der Waals surface area contributed by atoms with E-state index in [1.807, 2.05) is 0 Å². The van der Waals surface area contributed by atoms with Crippen molar-refractivity contribution in [2.45, 2.75) is 18.5 Å². The van der Waals surface area contributed by atoms with Gasteiger partial charge < -0.3 is 4.57 Å². The highest BCUT2D eigenvalue weighted by Gasteiger charge is 2.23. The Kier molecular flexibility index (Phi) is 4.51. The molecule has 1 heterocycles. The molecule has 0 saturated carbocycles. The Morgan fingerprint density at radius 2 is 1.89 bits per heavy atom. The lowest BCUT2D eigenvalue weighted by atomic mass is 10.6. The van der Waals surface area contributed by atoms with Crippen LogP contribution in [0.3, 0.4) is 0 Å². The highest BCUT2D eigenvalue weighted by atomic mass is 35.7. The molecule has 7 nitrogen and oxygen atoms in total. The highest BCUT2D eigenvalue weighted by Crippen LogP contribution is 2.05. The summed E-state index contributed by atoms with van der Waals surface area (Å²) in [5.74, 6) is -1.53. The number of sulfone groups is 1. The standard InChI is InChI=1S/C8H11ClN2O5S2/c1-2-11-4-3-10-7(8(11)12)17(13,14)5-6-18(9,15)16/h3-4H,2,5-6H2,1H3. The first-order chi connectivity index (χ1) is 8.17. The van der Waals surface area contributed by atoms with Gasteiger partial charge in [-0.2, -0.15) is 0 Å². The normalized spacial score (nSPS) is 12.6. The minimum Gasteiger partial charge on any atom is -0.312 e. The molecule has 0 aromatic carbocycles. The molecule has 0 unspecified atom stereocenters. The van der Waals surface area contributed by atoms with E-state index in [-0.39, 0.29) is 6.54 Å². The maximum absolute atomic E-state index is 11.8. The van der Waals surface area contributed by atoms with Crippen LogP contribution in [0.2, 0.25) is 0 Å². The van der Waals surface area contributed by atoms with Gasteiger partial charge in [0.25, 0.3) is 5.56 Å². The third kappa shape index (κ3) is 3.79. The number of hydrogen-bond donors (Lipinski definition) is 0. The zero-order valence-electron chi connectivity index (χ0n) is 9.41. The van der Waals surface area contributed by atoms with E-state index in [0.717, 1.165) is 4.57 Å². The van der Waals surface area contributed by atoms with Crippen molar-refractivity contribution in [1.82, 2.24) is 9.55 Å². The van der Waals surface area contributed by atoms with Gasteiger partial charge in [-0.3, -0.25) is 4.79 Å². The van der Waals surface area contributed by atoms with Crippen molar-refractivity contribution < 1.29 is 16.8 Å². The molecule has 0 spiro atoms. The second-order valence-corrected chi connectivity index (χ2v) is 8.31. The Hall–Kier alpha value is -0.930. The summed E-state index contributed by atoms with van der Waals surface area (Å²) in [6.07, 6.45) is 2.52. The SMILES string of the molecule is CCn1ccnc(S(=O)(=O)CCS(=O)(=O)Cl)c1=O. The average molecular weight is 315 g/mol. The summed E-state index contributed by atoms with van der Waals surface area (Å²) in [7, 11) is -3.07. The summed E-state index contributed by atoms with van der Waals surface area (Å²) >= 11 is 0. The topological polar surface area (TPSA) is 103 Å². The van der Waals surface area contributed by atoms with Crippen molar-refractivity contribution in [2.75, 3.05) is 11.5 Å². The Labute approximate surface area is 109 Å². The summed E-state index contributed by atoms with van der Waals surface area (Å²) in [6.45, 7) is 1.96. The fraction of sp³-hybridized carbons (Fsp3) is 0.500. The number of nitrogens with zero attached hydrogens (tertiary/aromatic N) is 2. The monoisotopic (exact) mass is 314 g/mol. The van der Waals surface area contributed by atoms with Gasteiger partial charge >= 0.3 is 0 Å². The fourth-order valence-corrected chi connectivity index (χ4v) is 4.23. The van der Waals surface area contributed by atoms with Crippen LogP contribution in [0.4, 0.5) is 0 Å². The first-order valence-corrected chi connectivity index (χ1v) is 9.01. The summed E-state index contributed by atoms with van der Waals surface area (Å²) in [5.41, 5.74) is -0.771. The van der Waals surface area contributed by atoms with E-state index in [4.69, 9.17) is 10.7 Å². The third-order valence-electron chi connectivity index (χ3n) is 2.11. The van der Waals surface area contributed by atoms with E-state index in [2.05, 4.69) is 4.98 Å². The molecule has 0 saturated heterocycles. The van der Waals surface area contributed by atoms with Crippen molar-refractivity contribution >= 4 is 29.6 Å². The van der Waals surface area contributed by atoms with Crippen LogP contribution < -0.4 is 5.56 Å². The lowest BCUT2D eigenvalue weighted by Gasteiger charge is -2.05. The number of aromatic nitrogens is 2. The Balaban J connectivity index is 3.18. The molecule has 102 valence electrons. The average Bonchev–Trinajstić information content (AvgIpc) is 2.26. The molecule has 0 amide bonds. The van der Waals surface area contributed by atoms with Gasteiger partial charge in [-0.25, -0.2) is 21.8 Å². The lowest BCUT2D eigenvalue weighted by molar-refractivity contribution is 0.583. The highest BCUT2D eigenvalue weighted by molar-refractivity contribution is 8.14. The third-order valence-corrected chi connectivity index (χ3v) is 5.14. The Morgan fingerprint density at radius 1 is 1.28 bits per heavy atom. The summed E-state index contributed by atoms with van der Waals surface area (Å²) < 4.78 is 46.1. The molecule has 0 N–H and O–H groups in total. The molecular weight excluding hydrogens is 304 g/mol. The first kappa shape index (κ1) is 15.1. The van der Waals surface area contributed by atoms with Crippen molar-refractivity contribution in [3.63, 3.8) is 0 Å². The second-order valence-electron chi connectivity index (χ2n) is 3.39. The minimum absolute atomic E-state index is 0.289. The molecule has 0 aliphatic carbocycles. The minimum atomic E-state index is -4.06. The lowest BCUT2D eigenvalue weighted by Crippen LogP contribution is -2.28. The molecule has 0 bridgehead atoms. The molecule has 18 heavy (non-hydrogen) atoms. The van der Waals surface area contributed by atoms with Crippen LogP contribution in [0.25, 0.3) is 0 Å². The van der Waals surface area contributed by atoms with Gasteiger partial charge in [0.2, 0.25) is 23.9 Å². The number of aryl methyl sites for hydroxylation is 1. The van der Waals surface area contributed by atoms with Crippen molar-refractivity contribution in [3.8, 4) is 0 Å². The van der Waals surface area contributed by atoms with Gasteiger partial charge in [-0.15, -0.1) is 0 Å². The zero-order chi connectivity index (χ0) is 14.0. The summed E-state index contributed by atoms with van der Waals surface area (Å²) in [4.78, 5) is 15.2. The maximum atomic E-state index is 11.8. The zero-order valence-corrected chi connectivity index (χ0v) is 11.8. The van der Waals surface area contributed by atoms with Crippen molar-refractivity contribution in [1.29, 1.82) is 0 Å². The molecule has 0 radical (unpaired) electrons. The largest absolute Gasteiger partial charge is 0.312 e. The predicted octanol–water partition coefficient (Wildman–Crippen LogP) is -0.394. The molecular formula is C8H11ClN2O5S2. The van der Waals surface area contributed by atoms with Gasteiger partial charge in [0, 0.05) is 29.6 Å². The molecule has 0 atom stereocenters. The first-order valence-electron chi connectivity index (χ1n) is 4.88. The van der Waals surface area contributed by atoms with E-state index in [0.29, 0.717) is 0 Å². The predicted molar refractivity (Wildman–Crippen MR) is 65.9 cm³/mol. The van der Waals surface area contributed by atoms with E-state index in [1.54, 1.807) is 6.92 Å². The molecule has 0 fully saturated rings. The van der Waals surface area contributed by atoms with Crippen LogP contribution in [0.5, 0.6) is 0 Å². The van der Waals surface area contributed by atoms with E-state index in [9.17, 15) is 21.6 Å². The van der Waals surface area contributed by atoms with Crippen LogP contribution in [0.15, 0.2) is 22.2 Å². The van der Waals surface area contributed by atoms with Gasteiger partial charge in [0.1, 0.15) is 0 Å². The molecule has 0 aliphatic heterocycles. The summed E-state index contributed by atoms with van der Waals surface area (Å²) in [6, 6.07) is 0. The summed E-state index contributed by atoms with van der Waals surface area (Å²) in [5, 5.41) is -0.660. The van der Waals surface area contributed by atoms with Crippen molar-refractivity contribution in [3.05, 3.63) is 22.7 Å². The number of halogens is 1. The van der Waals surface area contributed by atoms with Crippen LogP contribution in [-0.2, 0) is 25.4 Å². The smallest absolute Gasteiger partial charge is 0.288 e. The van der Waals surface area contributed by atoms with Crippen LogP contribution in [-0.4, -0.2) is 37.9 Å². The molecule has 0 aliphatic rings. The Morgan fingerprint density at radius 3 is 2.39 bits per heavy atom. The molecule has 1 aromatic rings. The van der Waals surface area contributed by atoms with Crippen LogP contribution >= 0.6 is 10.7 Å². The van der Waals surface area contributed by atoms with Gasteiger partial charge in [-0.1, -0.05) is 0 Å². The van der Waals surface area contributed by atoms with Gasteiger partial charge in [-0.05, 0) is 6.92 Å². The van der Waals surface area contributed by atoms with Crippen LogP contribution in [0, 0.1) is 0 Å². The second kappa shape index (κ2) is 5.37. The van der Waals surface area contributed by atoms with Gasteiger partial charge in [0.15, 0.2) is 0 Å². The fourth-order valence-electron chi connectivity index (χ4n) is 1.20.